The Morgan fingerprint density at radius 2 is 2.00 bits per heavy atom. The SMILES string of the molecule is N#CC1(Cc2ccc(F)cc2)CCN(C(=O)c2cccnc2-c2cnco2)CC1. The van der Waals surface area contributed by atoms with Gasteiger partial charge in [-0.25, -0.2) is 9.37 Å². The third-order valence-electron chi connectivity index (χ3n) is 5.40. The summed E-state index contributed by atoms with van der Waals surface area (Å²) in [5.74, 6) is 0.00525. The van der Waals surface area contributed by atoms with Crippen LogP contribution in [-0.4, -0.2) is 33.9 Å². The maximum atomic E-state index is 13.2. The molecule has 1 amide bonds. The molecule has 4 rings (SSSR count). The first-order valence-electron chi connectivity index (χ1n) is 9.39. The number of oxazole rings is 1. The van der Waals surface area contributed by atoms with Gasteiger partial charge in [0.1, 0.15) is 11.5 Å². The number of hydrogen-bond donors (Lipinski definition) is 0. The minimum atomic E-state index is -0.558. The van der Waals surface area contributed by atoms with Gasteiger partial charge >= 0.3 is 0 Å². The first-order valence-corrected chi connectivity index (χ1v) is 9.39. The zero-order valence-corrected chi connectivity index (χ0v) is 15.7. The zero-order chi connectivity index (χ0) is 20.3. The molecule has 0 radical (unpaired) electrons. The molecule has 1 fully saturated rings. The Bertz CT molecular complexity index is 1030. The van der Waals surface area contributed by atoms with Crippen LogP contribution in [0, 0.1) is 22.6 Å². The predicted octanol–water partition coefficient (Wildman–Crippen LogP) is 3.86. The minimum absolute atomic E-state index is 0.141. The minimum Gasteiger partial charge on any atom is -0.442 e. The Balaban J connectivity index is 1.49. The second-order valence-corrected chi connectivity index (χ2v) is 7.25. The number of benzene rings is 1. The van der Waals surface area contributed by atoms with E-state index in [9.17, 15) is 14.4 Å². The van der Waals surface area contributed by atoms with Crippen LogP contribution in [-0.2, 0) is 6.42 Å². The first-order chi connectivity index (χ1) is 14.1. The van der Waals surface area contributed by atoms with E-state index >= 15 is 0 Å². The molecule has 1 aliphatic heterocycles. The van der Waals surface area contributed by atoms with Crippen LogP contribution in [0.15, 0.2) is 59.6 Å². The topological polar surface area (TPSA) is 83.0 Å². The van der Waals surface area contributed by atoms with E-state index in [1.807, 2.05) is 0 Å². The molecule has 0 aliphatic carbocycles. The number of carbonyl (C=O) groups is 1. The summed E-state index contributed by atoms with van der Waals surface area (Å²) in [5, 5.41) is 9.81. The quantitative estimate of drug-likeness (QED) is 0.675. The Kier molecular flexibility index (Phi) is 5.09. The number of nitriles is 1. The second kappa shape index (κ2) is 7.84. The van der Waals surface area contributed by atoms with Crippen molar-refractivity contribution in [2.45, 2.75) is 19.3 Å². The normalized spacial score (nSPS) is 15.7. The Morgan fingerprint density at radius 3 is 2.66 bits per heavy atom. The van der Waals surface area contributed by atoms with E-state index in [1.54, 1.807) is 35.4 Å². The van der Waals surface area contributed by atoms with E-state index in [-0.39, 0.29) is 11.7 Å². The summed E-state index contributed by atoms with van der Waals surface area (Å²) in [4.78, 5) is 23.0. The van der Waals surface area contributed by atoms with Gasteiger partial charge in [-0.15, -0.1) is 0 Å². The highest BCUT2D eigenvalue weighted by molar-refractivity contribution is 5.99. The summed E-state index contributed by atoms with van der Waals surface area (Å²) in [6.07, 6.45) is 6.10. The number of rotatable bonds is 4. The molecular weight excluding hydrogens is 371 g/mol. The van der Waals surface area contributed by atoms with E-state index in [0.29, 0.717) is 49.4 Å². The van der Waals surface area contributed by atoms with E-state index in [0.717, 1.165) is 5.56 Å². The molecule has 1 aromatic carbocycles. The van der Waals surface area contributed by atoms with Crippen LogP contribution >= 0.6 is 0 Å². The fourth-order valence-electron chi connectivity index (χ4n) is 3.74. The fourth-order valence-corrected chi connectivity index (χ4v) is 3.74. The molecule has 3 aromatic rings. The Labute approximate surface area is 167 Å². The molecule has 6 nitrogen and oxygen atoms in total. The number of hydrogen-bond acceptors (Lipinski definition) is 5. The molecule has 29 heavy (non-hydrogen) atoms. The molecule has 7 heteroatoms. The summed E-state index contributed by atoms with van der Waals surface area (Å²) in [7, 11) is 0. The summed E-state index contributed by atoms with van der Waals surface area (Å²) >= 11 is 0. The van der Waals surface area contributed by atoms with Crippen LogP contribution in [0.2, 0.25) is 0 Å². The standard InChI is InChI=1S/C22H19FN4O2/c23-17-5-3-16(4-6-17)12-22(14-24)7-10-27(11-8-22)21(28)18-2-1-9-26-20(18)19-13-25-15-29-19/h1-6,9,13,15H,7-8,10-12H2. The van der Waals surface area contributed by atoms with Crippen LogP contribution in [0.1, 0.15) is 28.8 Å². The van der Waals surface area contributed by atoms with Crippen molar-refractivity contribution in [1.82, 2.24) is 14.9 Å². The third-order valence-corrected chi connectivity index (χ3v) is 5.40. The monoisotopic (exact) mass is 390 g/mol. The number of aromatic nitrogens is 2. The summed E-state index contributed by atoms with van der Waals surface area (Å²) < 4.78 is 18.5. The van der Waals surface area contributed by atoms with Crippen molar-refractivity contribution in [3.8, 4) is 17.5 Å². The molecule has 1 saturated heterocycles. The average Bonchev–Trinajstić information content (AvgIpc) is 3.30. The lowest BCUT2D eigenvalue weighted by Crippen LogP contribution is -2.43. The van der Waals surface area contributed by atoms with Crippen molar-refractivity contribution in [1.29, 1.82) is 5.26 Å². The number of carbonyl (C=O) groups excluding carboxylic acids is 1. The average molecular weight is 390 g/mol. The van der Waals surface area contributed by atoms with Gasteiger partial charge in [0.15, 0.2) is 12.2 Å². The first kappa shape index (κ1) is 18.8. The molecule has 0 spiro atoms. The molecule has 0 bridgehead atoms. The summed E-state index contributed by atoms with van der Waals surface area (Å²) in [6, 6.07) is 12.1. The van der Waals surface area contributed by atoms with Gasteiger partial charge in [-0.05, 0) is 49.1 Å². The highest BCUT2D eigenvalue weighted by Gasteiger charge is 2.37. The van der Waals surface area contributed by atoms with Gasteiger partial charge in [0.2, 0.25) is 0 Å². The van der Waals surface area contributed by atoms with Gasteiger partial charge < -0.3 is 9.32 Å². The zero-order valence-electron chi connectivity index (χ0n) is 15.7. The van der Waals surface area contributed by atoms with Crippen molar-refractivity contribution >= 4 is 5.91 Å². The molecule has 0 N–H and O–H groups in total. The molecule has 3 heterocycles. The lowest BCUT2D eigenvalue weighted by atomic mass is 9.75. The van der Waals surface area contributed by atoms with Crippen molar-refractivity contribution in [3.05, 3.63) is 72.1 Å². The highest BCUT2D eigenvalue weighted by atomic mass is 19.1. The van der Waals surface area contributed by atoms with Crippen LogP contribution in [0.3, 0.4) is 0 Å². The number of likely N-dealkylation sites (tertiary alicyclic amines) is 1. The van der Waals surface area contributed by atoms with E-state index in [4.69, 9.17) is 4.42 Å². The van der Waals surface area contributed by atoms with Gasteiger partial charge in [0.25, 0.3) is 5.91 Å². The lowest BCUT2D eigenvalue weighted by molar-refractivity contribution is 0.0647. The molecule has 146 valence electrons. The van der Waals surface area contributed by atoms with Crippen LogP contribution in [0.25, 0.3) is 11.5 Å². The molecular formula is C22H19FN4O2. The maximum absolute atomic E-state index is 13.2. The van der Waals surface area contributed by atoms with E-state index < -0.39 is 5.41 Å². The number of amides is 1. The van der Waals surface area contributed by atoms with Crippen molar-refractivity contribution in [3.63, 3.8) is 0 Å². The van der Waals surface area contributed by atoms with Gasteiger partial charge in [-0.1, -0.05) is 12.1 Å². The molecule has 0 atom stereocenters. The van der Waals surface area contributed by atoms with Crippen LogP contribution in [0.5, 0.6) is 0 Å². The van der Waals surface area contributed by atoms with Gasteiger partial charge in [-0.3, -0.25) is 9.78 Å². The molecule has 2 aromatic heterocycles. The number of pyridine rings is 1. The fraction of sp³-hybridized carbons (Fsp3) is 0.273. The molecule has 0 saturated carbocycles. The van der Waals surface area contributed by atoms with Crippen LogP contribution < -0.4 is 0 Å². The van der Waals surface area contributed by atoms with Crippen molar-refractivity contribution in [2.75, 3.05) is 13.1 Å². The number of piperidine rings is 1. The van der Waals surface area contributed by atoms with Crippen LogP contribution in [0.4, 0.5) is 4.39 Å². The number of halogens is 1. The van der Waals surface area contributed by atoms with E-state index in [1.165, 1.54) is 24.7 Å². The summed E-state index contributed by atoms with van der Waals surface area (Å²) in [6.45, 7) is 0.941. The lowest BCUT2D eigenvalue weighted by Gasteiger charge is -2.37. The second-order valence-electron chi connectivity index (χ2n) is 7.25. The van der Waals surface area contributed by atoms with Gasteiger partial charge in [0, 0.05) is 19.3 Å². The van der Waals surface area contributed by atoms with Crippen molar-refractivity contribution in [2.24, 2.45) is 5.41 Å². The Hall–Kier alpha value is -3.53. The maximum Gasteiger partial charge on any atom is 0.256 e. The summed E-state index contributed by atoms with van der Waals surface area (Å²) in [5.41, 5.74) is 1.27. The number of nitrogens with zero attached hydrogens (tertiary/aromatic N) is 4. The molecule has 1 aliphatic rings. The highest BCUT2D eigenvalue weighted by Crippen LogP contribution is 2.35. The van der Waals surface area contributed by atoms with Gasteiger partial charge in [-0.2, -0.15) is 5.26 Å². The van der Waals surface area contributed by atoms with E-state index in [2.05, 4.69) is 16.0 Å². The Morgan fingerprint density at radius 1 is 1.24 bits per heavy atom. The predicted molar refractivity (Wildman–Crippen MR) is 103 cm³/mol. The largest absolute Gasteiger partial charge is 0.442 e. The van der Waals surface area contributed by atoms with Gasteiger partial charge in [0.05, 0.1) is 23.2 Å². The third kappa shape index (κ3) is 3.87. The smallest absolute Gasteiger partial charge is 0.256 e. The molecule has 0 unspecified atom stereocenters. The van der Waals surface area contributed by atoms with Crippen molar-refractivity contribution < 1.29 is 13.6 Å².